The summed E-state index contributed by atoms with van der Waals surface area (Å²) in [5.41, 5.74) is 6.52. The number of benzene rings is 3. The van der Waals surface area contributed by atoms with Crippen molar-refractivity contribution in [2.75, 3.05) is 24.4 Å². The van der Waals surface area contributed by atoms with Crippen LogP contribution in [0.2, 0.25) is 0 Å². The van der Waals surface area contributed by atoms with Gasteiger partial charge in [-0.25, -0.2) is 4.90 Å². The van der Waals surface area contributed by atoms with Crippen molar-refractivity contribution in [1.82, 2.24) is 0 Å². The second-order valence-corrected chi connectivity index (χ2v) is 8.54. The van der Waals surface area contributed by atoms with Crippen LogP contribution in [0.4, 0.5) is 11.4 Å². The molecule has 0 spiro atoms. The summed E-state index contributed by atoms with van der Waals surface area (Å²) in [5.74, 6) is 0.324. The molecule has 1 N–H and O–H groups in total. The average molecular weight is 457 g/mol. The second kappa shape index (κ2) is 9.06. The molecule has 0 radical (unpaired) electrons. The number of carbonyl (C=O) groups excluding carboxylic acids is 2. The summed E-state index contributed by atoms with van der Waals surface area (Å²) in [6, 6.07) is 16.8. The highest BCUT2D eigenvalue weighted by atomic mass is 16.5. The van der Waals surface area contributed by atoms with Crippen molar-refractivity contribution in [2.45, 2.75) is 27.7 Å². The van der Waals surface area contributed by atoms with Crippen LogP contribution in [-0.4, -0.2) is 26.0 Å². The van der Waals surface area contributed by atoms with Gasteiger partial charge in [0.2, 0.25) is 0 Å². The smallest absolute Gasteiger partial charge is 0.282 e. The maximum Gasteiger partial charge on any atom is 0.282 e. The van der Waals surface area contributed by atoms with Crippen LogP contribution >= 0.6 is 0 Å². The average Bonchev–Trinajstić information content (AvgIpc) is 3.04. The lowest BCUT2D eigenvalue weighted by Crippen LogP contribution is -2.32. The van der Waals surface area contributed by atoms with Gasteiger partial charge in [0.05, 0.1) is 25.5 Å². The molecule has 1 aliphatic rings. The van der Waals surface area contributed by atoms with Crippen LogP contribution in [-0.2, 0) is 9.59 Å². The third kappa shape index (κ3) is 4.15. The van der Waals surface area contributed by atoms with E-state index in [2.05, 4.69) is 5.32 Å². The molecule has 1 heterocycles. The summed E-state index contributed by atoms with van der Waals surface area (Å²) in [7, 11) is 3.11. The van der Waals surface area contributed by atoms with E-state index in [1.807, 2.05) is 64.1 Å². The Bertz CT molecular complexity index is 1320. The number of amides is 2. The molecule has 0 saturated heterocycles. The zero-order chi connectivity index (χ0) is 24.6. The highest BCUT2D eigenvalue weighted by Gasteiger charge is 2.40. The van der Waals surface area contributed by atoms with Gasteiger partial charge in [0.25, 0.3) is 11.8 Å². The largest absolute Gasteiger partial charge is 0.493 e. The van der Waals surface area contributed by atoms with Gasteiger partial charge in [-0.15, -0.1) is 0 Å². The quantitative estimate of drug-likeness (QED) is 0.508. The van der Waals surface area contributed by atoms with Crippen LogP contribution in [0.3, 0.4) is 0 Å². The minimum atomic E-state index is -0.405. The number of anilines is 2. The number of hydrogen-bond acceptors (Lipinski definition) is 5. The predicted molar refractivity (Wildman–Crippen MR) is 134 cm³/mol. The molecule has 1 aliphatic heterocycles. The summed E-state index contributed by atoms with van der Waals surface area (Å²) < 4.78 is 10.7. The van der Waals surface area contributed by atoms with Gasteiger partial charge in [-0.1, -0.05) is 24.3 Å². The molecule has 6 heteroatoms. The topological polar surface area (TPSA) is 67.9 Å². The first kappa shape index (κ1) is 23.1. The van der Waals surface area contributed by atoms with Crippen molar-refractivity contribution in [3.05, 3.63) is 88.1 Å². The fourth-order valence-corrected chi connectivity index (χ4v) is 4.18. The van der Waals surface area contributed by atoms with E-state index >= 15 is 0 Å². The van der Waals surface area contributed by atoms with Gasteiger partial charge in [0, 0.05) is 11.8 Å². The first-order valence-corrected chi connectivity index (χ1v) is 11.0. The number of carbonyl (C=O) groups is 2. The Morgan fingerprint density at radius 1 is 0.706 bits per heavy atom. The molecule has 0 saturated carbocycles. The summed E-state index contributed by atoms with van der Waals surface area (Å²) in [6.07, 6.45) is 0. The maximum absolute atomic E-state index is 13.7. The van der Waals surface area contributed by atoms with Crippen molar-refractivity contribution < 1.29 is 19.1 Å². The third-order valence-corrected chi connectivity index (χ3v) is 6.00. The monoisotopic (exact) mass is 456 g/mol. The SMILES string of the molecule is COc1ccc(NC2=C(c3ccc(C)c(C)c3)C(=O)N(c3cc(C)cc(C)c3)C2=O)cc1OC. The van der Waals surface area contributed by atoms with E-state index in [4.69, 9.17) is 9.47 Å². The minimum Gasteiger partial charge on any atom is -0.493 e. The number of hydrogen-bond donors (Lipinski definition) is 1. The zero-order valence-electron chi connectivity index (χ0n) is 20.3. The molecule has 0 aliphatic carbocycles. The lowest BCUT2D eigenvalue weighted by atomic mass is 9.99. The summed E-state index contributed by atoms with van der Waals surface area (Å²) in [5, 5.41) is 3.19. The Kier molecular flexibility index (Phi) is 6.16. The van der Waals surface area contributed by atoms with E-state index in [-0.39, 0.29) is 11.6 Å². The first-order valence-electron chi connectivity index (χ1n) is 11.0. The van der Waals surface area contributed by atoms with E-state index in [1.165, 1.54) is 4.90 Å². The number of imide groups is 1. The Labute approximate surface area is 199 Å². The van der Waals surface area contributed by atoms with Gasteiger partial charge >= 0.3 is 0 Å². The number of methoxy groups -OCH3 is 2. The van der Waals surface area contributed by atoms with Crippen molar-refractivity contribution in [3.63, 3.8) is 0 Å². The van der Waals surface area contributed by atoms with Crippen LogP contribution in [0.15, 0.2) is 60.3 Å². The standard InChI is InChI=1S/C28H28N2O4/c1-16-11-17(2)13-22(12-16)30-27(31)25(20-8-7-18(3)19(4)14-20)26(28(30)32)29-21-9-10-23(33-5)24(15-21)34-6/h7-15,29H,1-6H3. The lowest BCUT2D eigenvalue weighted by Gasteiger charge is -2.17. The fraction of sp³-hybridized carbons (Fsp3) is 0.214. The van der Waals surface area contributed by atoms with Gasteiger partial charge in [0.15, 0.2) is 11.5 Å². The Morgan fingerprint density at radius 3 is 2.00 bits per heavy atom. The molecule has 0 bridgehead atoms. The van der Waals surface area contributed by atoms with Crippen molar-refractivity contribution in [3.8, 4) is 11.5 Å². The maximum atomic E-state index is 13.7. The molecule has 0 atom stereocenters. The van der Waals surface area contributed by atoms with E-state index in [9.17, 15) is 9.59 Å². The second-order valence-electron chi connectivity index (χ2n) is 8.54. The van der Waals surface area contributed by atoms with Crippen LogP contribution in [0.5, 0.6) is 11.5 Å². The van der Waals surface area contributed by atoms with Crippen LogP contribution in [0.1, 0.15) is 27.8 Å². The Balaban J connectivity index is 1.85. The molecule has 6 nitrogen and oxygen atoms in total. The zero-order valence-corrected chi connectivity index (χ0v) is 20.3. The van der Waals surface area contributed by atoms with Gasteiger partial charge < -0.3 is 14.8 Å². The summed E-state index contributed by atoms with van der Waals surface area (Å²) >= 11 is 0. The lowest BCUT2D eigenvalue weighted by molar-refractivity contribution is -0.120. The molecular formula is C28H28N2O4. The highest BCUT2D eigenvalue weighted by molar-refractivity contribution is 6.46. The van der Waals surface area contributed by atoms with E-state index in [0.29, 0.717) is 34.0 Å². The van der Waals surface area contributed by atoms with Crippen molar-refractivity contribution >= 4 is 28.8 Å². The van der Waals surface area contributed by atoms with Crippen LogP contribution in [0, 0.1) is 27.7 Å². The summed E-state index contributed by atoms with van der Waals surface area (Å²) in [4.78, 5) is 28.7. The molecule has 2 amide bonds. The van der Waals surface area contributed by atoms with Gasteiger partial charge in [0.1, 0.15) is 5.70 Å². The molecule has 3 aromatic carbocycles. The number of nitrogens with one attached hydrogen (secondary N) is 1. The van der Waals surface area contributed by atoms with Gasteiger partial charge in [-0.05, 0) is 79.8 Å². The fourth-order valence-electron chi connectivity index (χ4n) is 4.18. The molecule has 0 aromatic heterocycles. The Morgan fingerprint density at radius 2 is 1.38 bits per heavy atom. The van der Waals surface area contributed by atoms with Crippen LogP contribution in [0.25, 0.3) is 5.57 Å². The number of nitrogens with zero attached hydrogens (tertiary/aromatic N) is 1. The third-order valence-electron chi connectivity index (χ3n) is 6.00. The molecule has 4 rings (SSSR count). The molecule has 0 unspecified atom stereocenters. The number of rotatable bonds is 6. The molecular weight excluding hydrogens is 428 g/mol. The normalized spacial score (nSPS) is 13.5. The number of aryl methyl sites for hydroxylation is 4. The molecule has 34 heavy (non-hydrogen) atoms. The molecule has 3 aromatic rings. The highest BCUT2D eigenvalue weighted by Crippen LogP contribution is 2.36. The molecule has 0 fully saturated rings. The van der Waals surface area contributed by atoms with Gasteiger partial charge in [-0.2, -0.15) is 0 Å². The van der Waals surface area contributed by atoms with E-state index in [0.717, 1.165) is 22.3 Å². The Hall–Kier alpha value is -4.06. The first-order chi connectivity index (χ1) is 16.2. The minimum absolute atomic E-state index is 0.222. The van der Waals surface area contributed by atoms with Crippen LogP contribution < -0.4 is 19.7 Å². The number of ether oxygens (including phenoxy) is 2. The van der Waals surface area contributed by atoms with Gasteiger partial charge in [-0.3, -0.25) is 9.59 Å². The molecule has 174 valence electrons. The van der Waals surface area contributed by atoms with E-state index < -0.39 is 5.91 Å². The summed E-state index contributed by atoms with van der Waals surface area (Å²) in [6.45, 7) is 7.90. The predicted octanol–water partition coefficient (Wildman–Crippen LogP) is 5.33. The van der Waals surface area contributed by atoms with E-state index in [1.54, 1.807) is 32.4 Å². The van der Waals surface area contributed by atoms with Crippen molar-refractivity contribution in [1.29, 1.82) is 0 Å². The van der Waals surface area contributed by atoms with Crippen molar-refractivity contribution in [2.24, 2.45) is 0 Å².